The van der Waals surface area contributed by atoms with Gasteiger partial charge in [0, 0.05) is 26.1 Å². The summed E-state index contributed by atoms with van der Waals surface area (Å²) in [5.41, 5.74) is 1.14. The second-order valence-electron chi connectivity index (χ2n) is 9.00. The Labute approximate surface area is 216 Å². The van der Waals surface area contributed by atoms with Crippen LogP contribution in [0.1, 0.15) is 82.6 Å². The Kier molecular flexibility index (Phi) is 20.8. The molecule has 1 unspecified atom stereocenters. The number of carboxylic acids is 2. The Morgan fingerprint density at radius 3 is 1.72 bits per heavy atom. The van der Waals surface area contributed by atoms with Gasteiger partial charge in [-0.1, -0.05) is 68.9 Å². The van der Waals surface area contributed by atoms with Crippen molar-refractivity contribution < 1.29 is 38.7 Å². The summed E-state index contributed by atoms with van der Waals surface area (Å²) in [6, 6.07) is 10.0. The first-order valence-corrected chi connectivity index (χ1v) is 13.4. The minimum absolute atomic E-state index is 0.137. The maximum atomic E-state index is 10.6. The average molecular weight is 511 g/mol. The summed E-state index contributed by atoms with van der Waals surface area (Å²) in [6.07, 6.45) is 9.65. The Balaban J connectivity index is 2.15. The SMILES string of the molecule is O=C(O)CCCCCCCOCC(COCCOCc1ccccc1)OCCCCCCCC(=O)O. The largest absolute Gasteiger partial charge is 0.481 e. The standard InChI is InChI=1S/C28H46O8/c29-27(30)16-10-3-1-5-12-18-33-23-26(36-19-13-6-2-4-11-17-28(31)32)24-35-21-20-34-22-25-14-8-7-9-15-25/h7-9,14-15,26H,1-6,10-13,16-24H2,(H,29,30)(H,31,32). The second-order valence-corrected chi connectivity index (χ2v) is 9.00. The molecule has 0 aliphatic heterocycles. The number of aliphatic carboxylic acids is 2. The molecular formula is C28H46O8. The Morgan fingerprint density at radius 2 is 1.11 bits per heavy atom. The van der Waals surface area contributed by atoms with E-state index in [1.165, 1.54) is 0 Å². The third-order valence-corrected chi connectivity index (χ3v) is 5.66. The van der Waals surface area contributed by atoms with Crippen molar-refractivity contribution in [2.45, 2.75) is 89.8 Å². The maximum Gasteiger partial charge on any atom is 0.303 e. The summed E-state index contributed by atoms with van der Waals surface area (Å²) in [5.74, 6) is -1.46. The van der Waals surface area contributed by atoms with Gasteiger partial charge in [0.15, 0.2) is 0 Å². The Bertz CT molecular complexity index is 652. The van der Waals surface area contributed by atoms with Crippen LogP contribution < -0.4 is 0 Å². The molecule has 2 N–H and O–H groups in total. The Morgan fingerprint density at radius 1 is 0.611 bits per heavy atom. The molecule has 36 heavy (non-hydrogen) atoms. The van der Waals surface area contributed by atoms with E-state index in [0.29, 0.717) is 46.2 Å². The predicted molar refractivity (Wildman–Crippen MR) is 138 cm³/mol. The number of hydrogen-bond donors (Lipinski definition) is 2. The Hall–Kier alpha value is -2.00. The zero-order valence-electron chi connectivity index (χ0n) is 21.7. The molecule has 0 bridgehead atoms. The summed E-state index contributed by atoms with van der Waals surface area (Å²) in [6.45, 7) is 3.78. The summed E-state index contributed by atoms with van der Waals surface area (Å²) >= 11 is 0. The van der Waals surface area contributed by atoms with Gasteiger partial charge in [-0.3, -0.25) is 9.59 Å². The van der Waals surface area contributed by atoms with Crippen molar-refractivity contribution >= 4 is 11.9 Å². The first-order valence-electron chi connectivity index (χ1n) is 13.4. The van der Waals surface area contributed by atoms with Gasteiger partial charge in [-0.15, -0.1) is 0 Å². The molecule has 0 aliphatic carbocycles. The van der Waals surface area contributed by atoms with Gasteiger partial charge < -0.3 is 29.2 Å². The van der Waals surface area contributed by atoms with E-state index in [-0.39, 0.29) is 18.9 Å². The molecule has 8 heteroatoms. The third-order valence-electron chi connectivity index (χ3n) is 5.66. The number of hydrogen-bond acceptors (Lipinski definition) is 6. The summed E-state index contributed by atoms with van der Waals surface area (Å²) in [5, 5.41) is 17.4. The fraction of sp³-hybridized carbons (Fsp3) is 0.714. The molecule has 0 saturated carbocycles. The molecular weight excluding hydrogens is 464 g/mol. The highest BCUT2D eigenvalue weighted by Gasteiger charge is 2.10. The lowest BCUT2D eigenvalue weighted by Crippen LogP contribution is -2.27. The first-order chi connectivity index (χ1) is 17.6. The van der Waals surface area contributed by atoms with Gasteiger partial charge in [0.1, 0.15) is 6.10 Å². The van der Waals surface area contributed by atoms with Crippen LogP contribution in [0.5, 0.6) is 0 Å². The van der Waals surface area contributed by atoms with Crippen molar-refractivity contribution in [3.05, 3.63) is 35.9 Å². The van der Waals surface area contributed by atoms with Gasteiger partial charge in [-0.05, 0) is 31.2 Å². The van der Waals surface area contributed by atoms with E-state index < -0.39 is 11.9 Å². The number of ether oxygens (including phenoxy) is 4. The van der Waals surface area contributed by atoms with Crippen LogP contribution in [0.25, 0.3) is 0 Å². The van der Waals surface area contributed by atoms with E-state index in [1.54, 1.807) is 0 Å². The molecule has 0 spiro atoms. The van der Waals surface area contributed by atoms with Crippen molar-refractivity contribution in [3.63, 3.8) is 0 Å². The van der Waals surface area contributed by atoms with Crippen LogP contribution in [0.4, 0.5) is 0 Å². The van der Waals surface area contributed by atoms with Crippen molar-refractivity contribution in [1.29, 1.82) is 0 Å². The quantitative estimate of drug-likeness (QED) is 0.158. The highest BCUT2D eigenvalue weighted by molar-refractivity contribution is 5.66. The minimum Gasteiger partial charge on any atom is -0.481 e. The van der Waals surface area contributed by atoms with Crippen LogP contribution in [0, 0.1) is 0 Å². The van der Waals surface area contributed by atoms with Crippen LogP contribution in [-0.2, 0) is 35.1 Å². The van der Waals surface area contributed by atoms with E-state index in [0.717, 1.165) is 69.8 Å². The fourth-order valence-electron chi connectivity index (χ4n) is 3.63. The highest BCUT2D eigenvalue weighted by atomic mass is 16.6. The topological polar surface area (TPSA) is 112 Å². The van der Waals surface area contributed by atoms with Gasteiger partial charge in [-0.25, -0.2) is 0 Å². The second kappa shape index (κ2) is 23.4. The first kappa shape index (κ1) is 32.0. The van der Waals surface area contributed by atoms with E-state index in [9.17, 15) is 9.59 Å². The molecule has 0 heterocycles. The molecule has 0 radical (unpaired) electrons. The molecule has 1 atom stereocenters. The average Bonchev–Trinajstić information content (AvgIpc) is 2.86. The van der Waals surface area contributed by atoms with Crippen LogP contribution in [0.15, 0.2) is 30.3 Å². The summed E-state index contributed by atoms with van der Waals surface area (Å²) < 4.78 is 23.3. The molecule has 1 aromatic rings. The zero-order chi connectivity index (χ0) is 26.1. The van der Waals surface area contributed by atoms with E-state index in [2.05, 4.69) is 0 Å². The molecule has 0 aliphatic rings. The fourth-order valence-corrected chi connectivity index (χ4v) is 3.63. The maximum absolute atomic E-state index is 10.6. The zero-order valence-corrected chi connectivity index (χ0v) is 21.7. The third kappa shape index (κ3) is 21.3. The molecule has 0 saturated heterocycles. The molecule has 0 aromatic heterocycles. The number of rotatable bonds is 26. The number of carboxylic acid groups (broad SMARTS) is 2. The monoisotopic (exact) mass is 510 g/mol. The number of benzene rings is 1. The molecule has 0 amide bonds. The lowest BCUT2D eigenvalue weighted by Gasteiger charge is -2.18. The smallest absolute Gasteiger partial charge is 0.303 e. The van der Waals surface area contributed by atoms with Gasteiger partial charge in [0.05, 0.1) is 33.0 Å². The summed E-state index contributed by atoms with van der Waals surface area (Å²) in [4.78, 5) is 21.1. The van der Waals surface area contributed by atoms with Gasteiger partial charge >= 0.3 is 11.9 Å². The van der Waals surface area contributed by atoms with Gasteiger partial charge in [-0.2, -0.15) is 0 Å². The molecule has 206 valence electrons. The minimum atomic E-state index is -0.732. The highest BCUT2D eigenvalue weighted by Crippen LogP contribution is 2.08. The van der Waals surface area contributed by atoms with Crippen LogP contribution in [-0.4, -0.2) is 67.9 Å². The number of unbranched alkanes of at least 4 members (excludes halogenated alkanes) is 8. The van der Waals surface area contributed by atoms with Gasteiger partial charge in [0.25, 0.3) is 0 Å². The van der Waals surface area contributed by atoms with Crippen LogP contribution in [0.3, 0.4) is 0 Å². The lowest BCUT2D eigenvalue weighted by molar-refractivity contribution is -0.138. The van der Waals surface area contributed by atoms with E-state index >= 15 is 0 Å². The predicted octanol–water partition coefficient (Wildman–Crippen LogP) is 5.47. The number of carbonyl (C=O) groups is 2. The van der Waals surface area contributed by atoms with Crippen LogP contribution >= 0.6 is 0 Å². The van der Waals surface area contributed by atoms with Crippen molar-refractivity contribution in [1.82, 2.24) is 0 Å². The molecule has 1 aromatic carbocycles. The summed E-state index contributed by atoms with van der Waals surface area (Å²) in [7, 11) is 0. The lowest BCUT2D eigenvalue weighted by atomic mass is 10.1. The van der Waals surface area contributed by atoms with E-state index in [4.69, 9.17) is 29.2 Å². The van der Waals surface area contributed by atoms with Gasteiger partial charge in [0.2, 0.25) is 0 Å². The molecule has 8 nitrogen and oxygen atoms in total. The molecule has 1 rings (SSSR count). The van der Waals surface area contributed by atoms with Crippen molar-refractivity contribution in [2.24, 2.45) is 0 Å². The van der Waals surface area contributed by atoms with Crippen molar-refractivity contribution in [3.8, 4) is 0 Å². The normalized spacial score (nSPS) is 12.0. The molecule has 0 fully saturated rings. The van der Waals surface area contributed by atoms with Crippen molar-refractivity contribution in [2.75, 3.05) is 39.6 Å². The van der Waals surface area contributed by atoms with E-state index in [1.807, 2.05) is 30.3 Å². The van der Waals surface area contributed by atoms with Crippen LogP contribution in [0.2, 0.25) is 0 Å².